The molecule has 15 heavy (non-hydrogen) atoms. The van der Waals surface area contributed by atoms with E-state index in [1.165, 1.54) is 6.42 Å². The number of carbonyl (C=O) groups is 1. The highest BCUT2D eigenvalue weighted by atomic mass is 16.6. The zero-order chi connectivity index (χ0) is 10.5. The smallest absolute Gasteiger partial charge is 0.410 e. The Morgan fingerprint density at radius 3 is 2.80 bits per heavy atom. The molecule has 0 unspecified atom stereocenters. The van der Waals surface area contributed by atoms with Crippen LogP contribution in [0.3, 0.4) is 0 Å². The molecule has 0 aromatic heterocycles. The van der Waals surface area contributed by atoms with Gasteiger partial charge in [0.05, 0.1) is 6.61 Å². The third kappa shape index (κ3) is 2.84. The van der Waals surface area contributed by atoms with Crippen LogP contribution in [0, 0.1) is 0 Å². The van der Waals surface area contributed by atoms with E-state index in [0.29, 0.717) is 12.6 Å². The number of rotatable bonds is 1. The largest absolute Gasteiger partial charge is 0.449 e. The fourth-order valence-electron chi connectivity index (χ4n) is 2.34. The van der Waals surface area contributed by atoms with Crippen LogP contribution in [0.15, 0.2) is 0 Å². The van der Waals surface area contributed by atoms with Crippen LogP contribution in [0.5, 0.6) is 0 Å². The number of piperidine rings is 1. The van der Waals surface area contributed by atoms with E-state index in [1.54, 1.807) is 0 Å². The third-order valence-corrected chi connectivity index (χ3v) is 3.25. The molecule has 1 N–H and O–H groups in total. The van der Waals surface area contributed by atoms with Crippen LogP contribution in [0.4, 0.5) is 4.79 Å². The van der Waals surface area contributed by atoms with Gasteiger partial charge in [-0.3, -0.25) is 0 Å². The number of cyclic esters (lactones) is 1. The summed E-state index contributed by atoms with van der Waals surface area (Å²) in [6, 6.07) is 0.400. The number of nitrogens with one attached hydrogen (secondary N) is 1. The molecule has 2 fully saturated rings. The Kier molecular flexibility index (Phi) is 3.83. The van der Waals surface area contributed by atoms with Crippen molar-refractivity contribution >= 4 is 6.09 Å². The van der Waals surface area contributed by atoms with Crippen molar-refractivity contribution in [2.24, 2.45) is 0 Å². The SMILES string of the molecule is O=C1OCCCCCN1C1CCNCC1. The predicted octanol–water partition coefficient (Wildman–Crippen LogP) is 1.36. The average Bonchev–Trinajstić information content (AvgIpc) is 2.25. The molecule has 4 heteroatoms. The lowest BCUT2D eigenvalue weighted by Gasteiger charge is -2.34. The summed E-state index contributed by atoms with van der Waals surface area (Å²) in [5, 5.41) is 3.32. The molecule has 2 rings (SSSR count). The van der Waals surface area contributed by atoms with E-state index in [9.17, 15) is 4.79 Å². The van der Waals surface area contributed by atoms with E-state index in [1.807, 2.05) is 4.90 Å². The summed E-state index contributed by atoms with van der Waals surface area (Å²) in [5.74, 6) is 0. The molecule has 86 valence electrons. The maximum Gasteiger partial charge on any atom is 0.410 e. The molecule has 0 aromatic carbocycles. The van der Waals surface area contributed by atoms with Crippen molar-refractivity contribution in [2.75, 3.05) is 26.2 Å². The minimum atomic E-state index is -0.0957. The van der Waals surface area contributed by atoms with Gasteiger partial charge in [-0.05, 0) is 45.2 Å². The molecule has 2 saturated heterocycles. The van der Waals surface area contributed by atoms with Crippen molar-refractivity contribution < 1.29 is 9.53 Å². The summed E-state index contributed by atoms with van der Waals surface area (Å²) in [4.78, 5) is 13.7. The topological polar surface area (TPSA) is 41.6 Å². The predicted molar refractivity (Wildman–Crippen MR) is 57.8 cm³/mol. The Morgan fingerprint density at radius 2 is 2.00 bits per heavy atom. The lowest BCUT2D eigenvalue weighted by atomic mass is 10.0. The van der Waals surface area contributed by atoms with Crippen molar-refractivity contribution in [3.8, 4) is 0 Å². The number of hydrogen-bond acceptors (Lipinski definition) is 3. The fraction of sp³-hybridized carbons (Fsp3) is 0.909. The Labute approximate surface area is 91.0 Å². The first-order chi connectivity index (χ1) is 7.38. The molecule has 0 spiro atoms. The van der Waals surface area contributed by atoms with Crippen LogP contribution in [0.1, 0.15) is 32.1 Å². The standard InChI is InChI=1S/C11H20N2O2/c14-11-13(8-2-1-3-9-15-11)10-4-6-12-7-5-10/h10,12H,1-9H2. The molecule has 2 aliphatic heterocycles. The highest BCUT2D eigenvalue weighted by molar-refractivity contribution is 5.68. The van der Waals surface area contributed by atoms with E-state index in [2.05, 4.69) is 5.32 Å². The summed E-state index contributed by atoms with van der Waals surface area (Å²) in [5.41, 5.74) is 0. The van der Waals surface area contributed by atoms with Gasteiger partial charge in [-0.1, -0.05) is 0 Å². The number of carbonyl (C=O) groups excluding carboxylic acids is 1. The molecule has 0 radical (unpaired) electrons. The van der Waals surface area contributed by atoms with Gasteiger partial charge < -0.3 is 15.0 Å². The monoisotopic (exact) mass is 212 g/mol. The molecular weight excluding hydrogens is 192 g/mol. The molecular formula is C11H20N2O2. The Balaban J connectivity index is 1.93. The molecule has 2 heterocycles. The lowest BCUT2D eigenvalue weighted by Crippen LogP contribution is -2.47. The molecule has 0 atom stereocenters. The van der Waals surface area contributed by atoms with Crippen LogP contribution < -0.4 is 5.32 Å². The molecule has 4 nitrogen and oxygen atoms in total. The molecule has 0 bridgehead atoms. The van der Waals surface area contributed by atoms with Crippen LogP contribution >= 0.6 is 0 Å². The second-order valence-electron chi connectivity index (χ2n) is 4.35. The van der Waals surface area contributed by atoms with E-state index in [4.69, 9.17) is 4.74 Å². The van der Waals surface area contributed by atoms with Gasteiger partial charge in [0.25, 0.3) is 0 Å². The minimum absolute atomic E-state index is 0.0957. The molecule has 0 aliphatic carbocycles. The third-order valence-electron chi connectivity index (χ3n) is 3.25. The second kappa shape index (κ2) is 5.35. The first-order valence-corrected chi connectivity index (χ1v) is 6.02. The number of amides is 1. The van der Waals surface area contributed by atoms with Crippen LogP contribution in [-0.2, 0) is 4.74 Å². The van der Waals surface area contributed by atoms with Gasteiger partial charge in [-0.2, -0.15) is 0 Å². The maximum absolute atomic E-state index is 11.7. The summed E-state index contributed by atoms with van der Waals surface area (Å²) in [6.45, 7) is 3.52. The van der Waals surface area contributed by atoms with E-state index in [0.717, 1.165) is 45.3 Å². The Hall–Kier alpha value is -0.770. The molecule has 0 saturated carbocycles. The van der Waals surface area contributed by atoms with Crippen LogP contribution in [-0.4, -0.2) is 43.3 Å². The van der Waals surface area contributed by atoms with Crippen LogP contribution in [0.2, 0.25) is 0 Å². The van der Waals surface area contributed by atoms with Gasteiger partial charge in [-0.25, -0.2) is 4.79 Å². The lowest BCUT2D eigenvalue weighted by molar-refractivity contribution is 0.0683. The molecule has 1 amide bonds. The molecule has 2 aliphatic rings. The van der Waals surface area contributed by atoms with E-state index < -0.39 is 0 Å². The van der Waals surface area contributed by atoms with Crippen molar-refractivity contribution in [3.05, 3.63) is 0 Å². The van der Waals surface area contributed by atoms with Gasteiger partial charge in [0.1, 0.15) is 0 Å². The zero-order valence-corrected chi connectivity index (χ0v) is 9.21. The summed E-state index contributed by atoms with van der Waals surface area (Å²) in [6.07, 6.45) is 5.35. The fourth-order valence-corrected chi connectivity index (χ4v) is 2.34. The van der Waals surface area contributed by atoms with Crippen molar-refractivity contribution in [3.63, 3.8) is 0 Å². The number of nitrogens with zero attached hydrogens (tertiary/aromatic N) is 1. The Morgan fingerprint density at radius 1 is 1.20 bits per heavy atom. The maximum atomic E-state index is 11.7. The highest BCUT2D eigenvalue weighted by Gasteiger charge is 2.26. The van der Waals surface area contributed by atoms with Crippen molar-refractivity contribution in [1.29, 1.82) is 0 Å². The zero-order valence-electron chi connectivity index (χ0n) is 9.21. The summed E-state index contributed by atoms with van der Waals surface area (Å²) in [7, 11) is 0. The van der Waals surface area contributed by atoms with Crippen molar-refractivity contribution in [1.82, 2.24) is 10.2 Å². The quantitative estimate of drug-likeness (QED) is 0.713. The highest BCUT2D eigenvalue weighted by Crippen LogP contribution is 2.16. The average molecular weight is 212 g/mol. The minimum Gasteiger partial charge on any atom is -0.449 e. The molecule has 0 aromatic rings. The first-order valence-electron chi connectivity index (χ1n) is 6.02. The van der Waals surface area contributed by atoms with Gasteiger partial charge in [0.2, 0.25) is 0 Å². The van der Waals surface area contributed by atoms with Gasteiger partial charge in [0.15, 0.2) is 0 Å². The second-order valence-corrected chi connectivity index (χ2v) is 4.35. The van der Waals surface area contributed by atoms with Gasteiger partial charge >= 0.3 is 6.09 Å². The van der Waals surface area contributed by atoms with Gasteiger partial charge in [-0.15, -0.1) is 0 Å². The summed E-state index contributed by atoms with van der Waals surface area (Å²) >= 11 is 0. The Bertz CT molecular complexity index is 215. The van der Waals surface area contributed by atoms with E-state index in [-0.39, 0.29) is 6.09 Å². The van der Waals surface area contributed by atoms with Crippen molar-refractivity contribution in [2.45, 2.75) is 38.1 Å². The summed E-state index contributed by atoms with van der Waals surface area (Å²) < 4.78 is 5.22. The normalized spacial score (nSPS) is 25.6. The first kappa shape index (κ1) is 10.7. The number of ether oxygens (including phenoxy) is 1. The van der Waals surface area contributed by atoms with Crippen LogP contribution in [0.25, 0.3) is 0 Å². The number of hydrogen-bond donors (Lipinski definition) is 1. The van der Waals surface area contributed by atoms with Gasteiger partial charge in [0, 0.05) is 12.6 Å². The van der Waals surface area contributed by atoms with E-state index >= 15 is 0 Å².